The molecule has 4 aliphatic carbocycles. The third-order valence-corrected chi connectivity index (χ3v) is 5.47. The Kier molecular flexibility index (Phi) is 2.21. The van der Waals surface area contributed by atoms with E-state index in [4.69, 9.17) is 5.73 Å². The first-order chi connectivity index (χ1) is 8.71. The summed E-state index contributed by atoms with van der Waals surface area (Å²) in [7, 11) is 0. The molecule has 18 heavy (non-hydrogen) atoms. The molecular weight excluding hydrogens is 222 g/mol. The zero-order valence-electron chi connectivity index (χ0n) is 10.8. The number of nitrogens with two attached hydrogens (primary N) is 1. The summed E-state index contributed by atoms with van der Waals surface area (Å²) >= 11 is 0. The van der Waals surface area contributed by atoms with E-state index in [2.05, 4.69) is 9.97 Å². The fourth-order valence-electron chi connectivity index (χ4n) is 5.40. The van der Waals surface area contributed by atoms with E-state index in [1.165, 1.54) is 38.5 Å². The number of anilines is 1. The van der Waals surface area contributed by atoms with Gasteiger partial charge in [-0.3, -0.25) is 0 Å². The maximum atomic E-state index is 5.77. The Morgan fingerprint density at radius 1 is 1.06 bits per heavy atom. The predicted molar refractivity (Wildman–Crippen MR) is 70.8 cm³/mol. The molecule has 96 valence electrons. The van der Waals surface area contributed by atoms with Gasteiger partial charge in [0.1, 0.15) is 12.1 Å². The molecule has 0 atom stereocenters. The Morgan fingerprint density at radius 3 is 2.22 bits per heavy atom. The third-order valence-electron chi connectivity index (χ3n) is 5.47. The number of nitrogen functional groups attached to an aromatic ring is 1. The second-order valence-corrected chi connectivity index (χ2v) is 7.03. The molecule has 4 bridgehead atoms. The van der Waals surface area contributed by atoms with Gasteiger partial charge in [-0.2, -0.15) is 0 Å². The molecule has 0 spiro atoms. The zero-order chi connectivity index (χ0) is 12.2. The number of aromatic nitrogens is 2. The van der Waals surface area contributed by atoms with Crippen LogP contribution < -0.4 is 5.73 Å². The van der Waals surface area contributed by atoms with Gasteiger partial charge in [0.05, 0.1) is 0 Å². The van der Waals surface area contributed by atoms with Crippen molar-refractivity contribution in [2.75, 3.05) is 5.73 Å². The zero-order valence-corrected chi connectivity index (χ0v) is 10.8. The van der Waals surface area contributed by atoms with Gasteiger partial charge in [-0.25, -0.2) is 9.97 Å². The summed E-state index contributed by atoms with van der Waals surface area (Å²) in [5.41, 5.74) is 7.48. The molecule has 2 N–H and O–H groups in total. The van der Waals surface area contributed by atoms with Crippen molar-refractivity contribution in [1.82, 2.24) is 9.97 Å². The topological polar surface area (TPSA) is 51.8 Å². The molecule has 0 aromatic carbocycles. The van der Waals surface area contributed by atoms with Gasteiger partial charge in [-0.05, 0) is 68.1 Å². The lowest BCUT2D eigenvalue weighted by Gasteiger charge is -2.57. The van der Waals surface area contributed by atoms with Gasteiger partial charge >= 0.3 is 0 Å². The number of hydrogen-bond donors (Lipinski definition) is 1. The molecule has 0 aliphatic heterocycles. The molecule has 1 heterocycles. The first kappa shape index (κ1) is 10.8. The van der Waals surface area contributed by atoms with Crippen LogP contribution in [0.15, 0.2) is 12.4 Å². The standard InChI is InChI=1S/C15H21N3/c16-14-4-13(17-9-18-14)8-15-5-10-1-11(6-15)3-12(2-10)7-15/h4,9-12H,1-3,5-8H2,(H2,16,17,18). The molecule has 4 fully saturated rings. The summed E-state index contributed by atoms with van der Waals surface area (Å²) in [5, 5.41) is 0. The van der Waals surface area contributed by atoms with Crippen LogP contribution in [0, 0.1) is 23.2 Å². The summed E-state index contributed by atoms with van der Waals surface area (Å²) in [6.45, 7) is 0. The molecule has 1 aromatic heterocycles. The van der Waals surface area contributed by atoms with E-state index in [0.717, 1.165) is 29.9 Å². The molecule has 5 rings (SSSR count). The second kappa shape index (κ2) is 3.69. The summed E-state index contributed by atoms with van der Waals surface area (Å²) in [6, 6.07) is 1.97. The van der Waals surface area contributed by atoms with Crippen molar-refractivity contribution >= 4 is 5.82 Å². The van der Waals surface area contributed by atoms with Crippen molar-refractivity contribution in [3.8, 4) is 0 Å². The van der Waals surface area contributed by atoms with Crippen molar-refractivity contribution in [3.63, 3.8) is 0 Å². The lowest BCUT2D eigenvalue weighted by atomic mass is 9.48. The Labute approximate surface area is 108 Å². The Hall–Kier alpha value is -1.12. The molecule has 0 unspecified atom stereocenters. The molecule has 4 aliphatic rings. The van der Waals surface area contributed by atoms with Crippen molar-refractivity contribution in [2.45, 2.75) is 44.9 Å². The number of hydrogen-bond acceptors (Lipinski definition) is 3. The third kappa shape index (κ3) is 1.72. The first-order valence-corrected chi connectivity index (χ1v) is 7.27. The molecule has 4 saturated carbocycles. The maximum absolute atomic E-state index is 5.77. The highest BCUT2D eigenvalue weighted by atomic mass is 14.9. The van der Waals surface area contributed by atoms with Crippen LogP contribution in [-0.2, 0) is 6.42 Å². The van der Waals surface area contributed by atoms with E-state index < -0.39 is 0 Å². The monoisotopic (exact) mass is 243 g/mol. The minimum atomic E-state index is 0.551. The van der Waals surface area contributed by atoms with Crippen LogP contribution in [0.4, 0.5) is 5.82 Å². The van der Waals surface area contributed by atoms with Crippen LogP contribution in [0.25, 0.3) is 0 Å². The lowest BCUT2D eigenvalue weighted by Crippen LogP contribution is -2.47. The number of rotatable bonds is 2. The van der Waals surface area contributed by atoms with Gasteiger partial charge in [0.25, 0.3) is 0 Å². The highest BCUT2D eigenvalue weighted by Gasteiger charge is 2.50. The smallest absolute Gasteiger partial charge is 0.126 e. The van der Waals surface area contributed by atoms with E-state index >= 15 is 0 Å². The molecule has 0 saturated heterocycles. The van der Waals surface area contributed by atoms with Gasteiger partial charge < -0.3 is 5.73 Å². The molecular formula is C15H21N3. The van der Waals surface area contributed by atoms with Crippen LogP contribution in [0.2, 0.25) is 0 Å². The predicted octanol–water partition coefficient (Wildman–Crippen LogP) is 2.82. The van der Waals surface area contributed by atoms with Gasteiger partial charge in [0.15, 0.2) is 0 Å². The minimum Gasteiger partial charge on any atom is -0.384 e. The summed E-state index contributed by atoms with van der Waals surface area (Å²) < 4.78 is 0. The summed E-state index contributed by atoms with van der Waals surface area (Å²) in [4.78, 5) is 8.43. The van der Waals surface area contributed by atoms with E-state index in [1.54, 1.807) is 6.33 Å². The van der Waals surface area contributed by atoms with Crippen molar-refractivity contribution < 1.29 is 0 Å². The van der Waals surface area contributed by atoms with Crippen molar-refractivity contribution in [3.05, 3.63) is 18.1 Å². The minimum absolute atomic E-state index is 0.551. The van der Waals surface area contributed by atoms with Crippen LogP contribution in [0.1, 0.15) is 44.2 Å². The first-order valence-electron chi connectivity index (χ1n) is 7.27. The highest BCUT2D eigenvalue weighted by molar-refractivity contribution is 5.28. The van der Waals surface area contributed by atoms with E-state index in [9.17, 15) is 0 Å². The van der Waals surface area contributed by atoms with Gasteiger partial charge in [0.2, 0.25) is 0 Å². The van der Waals surface area contributed by atoms with Gasteiger partial charge in [0, 0.05) is 11.8 Å². The Balaban J connectivity index is 1.60. The van der Waals surface area contributed by atoms with Crippen LogP contribution in [-0.4, -0.2) is 9.97 Å². The van der Waals surface area contributed by atoms with Crippen molar-refractivity contribution in [2.24, 2.45) is 23.2 Å². The molecule has 0 amide bonds. The summed E-state index contributed by atoms with van der Waals surface area (Å²) in [6.07, 6.45) is 11.6. The van der Waals surface area contributed by atoms with Crippen molar-refractivity contribution in [1.29, 1.82) is 0 Å². The molecule has 0 radical (unpaired) electrons. The van der Waals surface area contributed by atoms with E-state index in [-0.39, 0.29) is 0 Å². The highest BCUT2D eigenvalue weighted by Crippen LogP contribution is 2.60. The number of nitrogens with zero attached hydrogens (tertiary/aromatic N) is 2. The molecule has 1 aromatic rings. The fraction of sp³-hybridized carbons (Fsp3) is 0.733. The largest absolute Gasteiger partial charge is 0.384 e. The van der Waals surface area contributed by atoms with Gasteiger partial charge in [-0.15, -0.1) is 0 Å². The fourth-order valence-corrected chi connectivity index (χ4v) is 5.40. The van der Waals surface area contributed by atoms with Crippen LogP contribution in [0.5, 0.6) is 0 Å². The maximum Gasteiger partial charge on any atom is 0.126 e. The van der Waals surface area contributed by atoms with Crippen LogP contribution >= 0.6 is 0 Å². The SMILES string of the molecule is Nc1cc(CC23CC4CC(CC(C4)C2)C3)ncn1. The lowest BCUT2D eigenvalue weighted by molar-refractivity contribution is -0.0526. The second-order valence-electron chi connectivity index (χ2n) is 7.03. The summed E-state index contributed by atoms with van der Waals surface area (Å²) in [5.74, 6) is 3.64. The quantitative estimate of drug-likeness (QED) is 0.869. The Bertz CT molecular complexity index is 433. The molecule has 3 nitrogen and oxygen atoms in total. The normalized spacial score (nSPS) is 41.2. The Morgan fingerprint density at radius 2 is 1.67 bits per heavy atom. The van der Waals surface area contributed by atoms with Gasteiger partial charge in [-0.1, -0.05) is 0 Å². The van der Waals surface area contributed by atoms with Crippen LogP contribution in [0.3, 0.4) is 0 Å². The molecule has 3 heteroatoms. The van der Waals surface area contributed by atoms with E-state index in [1.807, 2.05) is 6.07 Å². The van der Waals surface area contributed by atoms with E-state index in [0.29, 0.717) is 11.2 Å². The average Bonchev–Trinajstić information content (AvgIpc) is 2.25. The average molecular weight is 243 g/mol.